The molecule has 146 valence electrons. The number of aryl methyl sites for hydroxylation is 1. The number of hydrogen-bond donors (Lipinski definition) is 1. The van der Waals surface area contributed by atoms with Gasteiger partial charge in [0.25, 0.3) is 0 Å². The number of amides is 2. The Hall–Kier alpha value is -1.85. The van der Waals surface area contributed by atoms with Crippen molar-refractivity contribution in [2.24, 2.45) is 0 Å². The number of carbonyl (C=O) groups excluding carboxylic acids is 1. The van der Waals surface area contributed by atoms with Gasteiger partial charge in [-0.2, -0.15) is 0 Å². The van der Waals surface area contributed by atoms with E-state index in [1.807, 2.05) is 17.9 Å². The Labute approximate surface area is 158 Å². The molecule has 26 heavy (non-hydrogen) atoms. The van der Waals surface area contributed by atoms with Gasteiger partial charge < -0.3 is 15.1 Å². The lowest BCUT2D eigenvalue weighted by Crippen LogP contribution is -2.53. The minimum Gasteiger partial charge on any atom is -0.353 e. The Morgan fingerprint density at radius 3 is 2.46 bits per heavy atom. The zero-order valence-electron chi connectivity index (χ0n) is 17.1. The van der Waals surface area contributed by atoms with Crippen LogP contribution in [0.25, 0.3) is 0 Å². The molecule has 1 aromatic heterocycles. The maximum Gasteiger partial charge on any atom is 0.317 e. The molecule has 0 saturated carbocycles. The van der Waals surface area contributed by atoms with Crippen molar-refractivity contribution in [2.75, 3.05) is 31.1 Å². The van der Waals surface area contributed by atoms with E-state index in [2.05, 4.69) is 42.9 Å². The van der Waals surface area contributed by atoms with Crippen molar-refractivity contribution in [2.45, 2.75) is 72.3 Å². The summed E-state index contributed by atoms with van der Waals surface area (Å²) in [6.45, 7) is 13.6. The highest BCUT2D eigenvalue weighted by Crippen LogP contribution is 2.18. The molecule has 2 heterocycles. The van der Waals surface area contributed by atoms with Crippen LogP contribution in [0, 0.1) is 6.92 Å². The van der Waals surface area contributed by atoms with Crippen LogP contribution >= 0.6 is 0 Å². The van der Waals surface area contributed by atoms with Crippen molar-refractivity contribution in [3.63, 3.8) is 0 Å². The summed E-state index contributed by atoms with van der Waals surface area (Å²) < 4.78 is 0. The molecule has 1 N–H and O–H groups in total. The standard InChI is InChI=1S/C20H35N5O/c1-6-7-8-9-16(4)22-20(26)25-12-10-24(11-13-25)18-14-17(5)21-19(23-18)15(2)3/h14-16H,6-13H2,1-5H3,(H,22,26). The molecule has 0 radical (unpaired) electrons. The largest absolute Gasteiger partial charge is 0.353 e. The van der Waals surface area contributed by atoms with E-state index in [1.54, 1.807) is 0 Å². The lowest BCUT2D eigenvalue weighted by atomic mass is 10.1. The van der Waals surface area contributed by atoms with Crippen LogP contribution in [0.5, 0.6) is 0 Å². The number of carbonyl (C=O) groups is 1. The molecule has 0 aromatic carbocycles. The first-order valence-electron chi connectivity index (χ1n) is 10.1. The van der Waals surface area contributed by atoms with Crippen molar-refractivity contribution in [1.82, 2.24) is 20.2 Å². The molecular formula is C20H35N5O. The van der Waals surface area contributed by atoms with E-state index in [1.165, 1.54) is 19.3 Å². The number of aromatic nitrogens is 2. The van der Waals surface area contributed by atoms with E-state index in [0.29, 0.717) is 5.92 Å². The average Bonchev–Trinajstić information content (AvgIpc) is 2.61. The molecule has 1 aromatic rings. The molecule has 6 nitrogen and oxygen atoms in total. The quantitative estimate of drug-likeness (QED) is 0.752. The van der Waals surface area contributed by atoms with Gasteiger partial charge in [0.05, 0.1) is 0 Å². The predicted molar refractivity (Wildman–Crippen MR) is 107 cm³/mol. The Morgan fingerprint density at radius 1 is 1.15 bits per heavy atom. The number of urea groups is 1. The van der Waals surface area contributed by atoms with Crippen molar-refractivity contribution >= 4 is 11.8 Å². The molecule has 1 aliphatic heterocycles. The Balaban J connectivity index is 1.86. The number of piperazine rings is 1. The lowest BCUT2D eigenvalue weighted by Gasteiger charge is -2.36. The highest BCUT2D eigenvalue weighted by atomic mass is 16.2. The van der Waals surface area contributed by atoms with E-state index < -0.39 is 0 Å². The van der Waals surface area contributed by atoms with Gasteiger partial charge in [-0.05, 0) is 20.3 Å². The van der Waals surface area contributed by atoms with Gasteiger partial charge in [0.2, 0.25) is 0 Å². The van der Waals surface area contributed by atoms with Crippen LogP contribution < -0.4 is 10.2 Å². The number of unbranched alkanes of at least 4 members (excludes halogenated alkanes) is 2. The van der Waals surface area contributed by atoms with Gasteiger partial charge in [-0.25, -0.2) is 14.8 Å². The summed E-state index contributed by atoms with van der Waals surface area (Å²) in [5, 5.41) is 3.14. The monoisotopic (exact) mass is 361 g/mol. The van der Waals surface area contributed by atoms with E-state index in [-0.39, 0.29) is 12.1 Å². The SMILES string of the molecule is CCCCCC(C)NC(=O)N1CCN(c2cc(C)nc(C(C)C)n2)CC1. The fraction of sp³-hybridized carbons (Fsp3) is 0.750. The zero-order chi connectivity index (χ0) is 19.1. The minimum atomic E-state index is 0.0652. The van der Waals surface area contributed by atoms with Gasteiger partial charge in [-0.1, -0.05) is 40.0 Å². The molecule has 0 bridgehead atoms. The molecule has 1 saturated heterocycles. The second kappa shape index (κ2) is 9.74. The second-order valence-electron chi connectivity index (χ2n) is 7.70. The van der Waals surface area contributed by atoms with Gasteiger partial charge in [0.1, 0.15) is 11.6 Å². The highest BCUT2D eigenvalue weighted by Gasteiger charge is 2.23. The highest BCUT2D eigenvalue weighted by molar-refractivity contribution is 5.74. The predicted octanol–water partition coefficient (Wildman–Crippen LogP) is 3.71. The van der Waals surface area contributed by atoms with Crippen LogP contribution in [0.4, 0.5) is 10.6 Å². The summed E-state index contributed by atoms with van der Waals surface area (Å²) in [6.07, 6.45) is 4.67. The van der Waals surface area contributed by atoms with Crippen LogP contribution in [-0.2, 0) is 0 Å². The number of rotatable bonds is 7. The first-order chi connectivity index (χ1) is 12.4. The molecule has 1 aliphatic rings. The third-order valence-electron chi connectivity index (χ3n) is 4.88. The summed E-state index contributed by atoms with van der Waals surface area (Å²) in [6, 6.07) is 2.35. The molecule has 2 rings (SSSR count). The van der Waals surface area contributed by atoms with E-state index in [0.717, 1.165) is 49.9 Å². The normalized spacial score (nSPS) is 16.1. The van der Waals surface area contributed by atoms with Gasteiger partial charge in [-0.3, -0.25) is 0 Å². The molecule has 6 heteroatoms. The van der Waals surface area contributed by atoms with Gasteiger partial charge in [0, 0.05) is 49.9 Å². The summed E-state index contributed by atoms with van der Waals surface area (Å²) in [7, 11) is 0. The Bertz CT molecular complexity index is 582. The topological polar surface area (TPSA) is 61.4 Å². The first-order valence-corrected chi connectivity index (χ1v) is 10.1. The van der Waals surface area contributed by atoms with Crippen LogP contribution in [0.3, 0.4) is 0 Å². The number of nitrogens with one attached hydrogen (secondary N) is 1. The summed E-state index contributed by atoms with van der Waals surface area (Å²) in [4.78, 5) is 25.9. The molecule has 2 amide bonds. The van der Waals surface area contributed by atoms with Gasteiger partial charge in [-0.15, -0.1) is 0 Å². The lowest BCUT2D eigenvalue weighted by molar-refractivity contribution is 0.190. The smallest absolute Gasteiger partial charge is 0.317 e. The molecule has 0 spiro atoms. The fourth-order valence-corrected chi connectivity index (χ4v) is 3.21. The van der Waals surface area contributed by atoms with Crippen molar-refractivity contribution in [1.29, 1.82) is 0 Å². The minimum absolute atomic E-state index is 0.0652. The molecule has 0 aliphatic carbocycles. The number of anilines is 1. The van der Waals surface area contributed by atoms with Crippen molar-refractivity contribution in [3.8, 4) is 0 Å². The summed E-state index contributed by atoms with van der Waals surface area (Å²) in [5.41, 5.74) is 1.000. The fourth-order valence-electron chi connectivity index (χ4n) is 3.21. The maximum atomic E-state index is 12.5. The first kappa shape index (κ1) is 20.5. The van der Waals surface area contributed by atoms with Gasteiger partial charge in [0.15, 0.2) is 0 Å². The van der Waals surface area contributed by atoms with Crippen LogP contribution in [0.2, 0.25) is 0 Å². The van der Waals surface area contributed by atoms with E-state index in [4.69, 9.17) is 4.98 Å². The molecule has 1 unspecified atom stereocenters. The second-order valence-corrected chi connectivity index (χ2v) is 7.70. The summed E-state index contributed by atoms with van der Waals surface area (Å²) >= 11 is 0. The third-order valence-corrected chi connectivity index (χ3v) is 4.88. The van der Waals surface area contributed by atoms with Crippen LogP contribution in [0.15, 0.2) is 6.07 Å². The van der Waals surface area contributed by atoms with Crippen LogP contribution in [0.1, 0.15) is 70.8 Å². The number of hydrogen-bond acceptors (Lipinski definition) is 4. The van der Waals surface area contributed by atoms with Crippen molar-refractivity contribution < 1.29 is 4.79 Å². The molecular weight excluding hydrogens is 326 g/mol. The molecule has 1 fully saturated rings. The third kappa shape index (κ3) is 5.85. The number of nitrogens with zero attached hydrogens (tertiary/aromatic N) is 4. The maximum absolute atomic E-state index is 12.5. The summed E-state index contributed by atoms with van der Waals surface area (Å²) in [5.74, 6) is 2.19. The average molecular weight is 362 g/mol. The van der Waals surface area contributed by atoms with Crippen molar-refractivity contribution in [3.05, 3.63) is 17.6 Å². The zero-order valence-corrected chi connectivity index (χ0v) is 17.1. The molecule has 1 atom stereocenters. The van der Waals surface area contributed by atoms with E-state index in [9.17, 15) is 4.79 Å². The van der Waals surface area contributed by atoms with Gasteiger partial charge >= 0.3 is 6.03 Å². The van der Waals surface area contributed by atoms with Crippen LogP contribution in [-0.4, -0.2) is 53.1 Å². The van der Waals surface area contributed by atoms with E-state index >= 15 is 0 Å². The Kier molecular flexibility index (Phi) is 7.66. The Morgan fingerprint density at radius 2 is 1.85 bits per heavy atom.